The van der Waals surface area contributed by atoms with Crippen LogP contribution in [0.3, 0.4) is 0 Å². The zero-order valence-electron chi connectivity index (χ0n) is 21.0. The number of hydrogen-bond donors (Lipinski definition) is 1. The second-order valence-corrected chi connectivity index (χ2v) is 8.85. The third kappa shape index (κ3) is 4.62. The molecule has 8 heteroatoms. The van der Waals surface area contributed by atoms with E-state index in [4.69, 9.17) is 9.47 Å². The SMILES string of the molecule is COc1cc(-n2c(=O)c3ccccc3n(CC(=O)Nc3ccc(C(C)C)cc3)c2=O)cc(C)c1OC. The molecule has 1 N–H and O–H groups in total. The van der Waals surface area contributed by atoms with Crippen LogP contribution in [-0.4, -0.2) is 29.3 Å². The fraction of sp³-hybridized carbons (Fsp3) is 0.250. The van der Waals surface area contributed by atoms with Gasteiger partial charge in [-0.05, 0) is 54.3 Å². The number of aromatic nitrogens is 2. The number of methoxy groups -OCH3 is 2. The van der Waals surface area contributed by atoms with Gasteiger partial charge in [-0.3, -0.25) is 14.2 Å². The topological polar surface area (TPSA) is 91.6 Å². The lowest BCUT2D eigenvalue weighted by Gasteiger charge is -2.17. The molecule has 3 aromatic carbocycles. The summed E-state index contributed by atoms with van der Waals surface area (Å²) < 4.78 is 13.2. The van der Waals surface area contributed by atoms with Crippen molar-refractivity contribution >= 4 is 22.5 Å². The first-order chi connectivity index (χ1) is 17.2. The highest BCUT2D eigenvalue weighted by molar-refractivity contribution is 5.91. The van der Waals surface area contributed by atoms with Crippen molar-refractivity contribution in [3.05, 3.63) is 92.6 Å². The standard InChI is InChI=1S/C28H29N3O5/c1-17(2)19-10-12-20(13-11-19)29-25(32)16-30-23-9-7-6-8-22(23)27(33)31(28(30)34)21-14-18(3)26(36-5)24(15-21)35-4/h6-15,17H,16H2,1-5H3,(H,29,32). The number of nitrogens with zero attached hydrogens (tertiary/aromatic N) is 2. The predicted octanol–water partition coefficient (Wildman–Crippen LogP) is 4.24. The number of anilines is 1. The highest BCUT2D eigenvalue weighted by Crippen LogP contribution is 2.32. The Morgan fingerprint density at radius 2 is 1.67 bits per heavy atom. The van der Waals surface area contributed by atoms with Crippen LogP contribution in [0.15, 0.2) is 70.3 Å². The molecule has 0 aliphatic heterocycles. The van der Waals surface area contributed by atoms with Crippen molar-refractivity contribution in [1.29, 1.82) is 0 Å². The second kappa shape index (κ2) is 10.1. The van der Waals surface area contributed by atoms with E-state index in [1.165, 1.54) is 18.8 Å². The van der Waals surface area contributed by atoms with Crippen molar-refractivity contribution in [1.82, 2.24) is 9.13 Å². The zero-order chi connectivity index (χ0) is 26.0. The summed E-state index contributed by atoms with van der Waals surface area (Å²) in [6.45, 7) is 5.73. The second-order valence-electron chi connectivity index (χ2n) is 8.85. The van der Waals surface area contributed by atoms with E-state index in [1.54, 1.807) is 43.3 Å². The third-order valence-electron chi connectivity index (χ3n) is 6.12. The van der Waals surface area contributed by atoms with E-state index in [0.717, 1.165) is 10.1 Å². The number of nitrogens with one attached hydrogen (secondary N) is 1. The van der Waals surface area contributed by atoms with Crippen LogP contribution in [0, 0.1) is 6.92 Å². The predicted molar refractivity (Wildman–Crippen MR) is 141 cm³/mol. The number of rotatable bonds is 7. The molecule has 1 amide bonds. The number of benzene rings is 3. The van der Waals surface area contributed by atoms with Gasteiger partial charge < -0.3 is 14.8 Å². The summed E-state index contributed by atoms with van der Waals surface area (Å²) in [5, 5.41) is 3.16. The quantitative estimate of drug-likeness (QED) is 0.421. The van der Waals surface area contributed by atoms with Gasteiger partial charge >= 0.3 is 5.69 Å². The van der Waals surface area contributed by atoms with Crippen molar-refractivity contribution in [3.63, 3.8) is 0 Å². The fourth-order valence-corrected chi connectivity index (χ4v) is 4.26. The normalized spacial score (nSPS) is 11.1. The molecule has 36 heavy (non-hydrogen) atoms. The smallest absolute Gasteiger partial charge is 0.336 e. The number of carbonyl (C=O) groups is 1. The number of amides is 1. The van der Waals surface area contributed by atoms with Crippen molar-refractivity contribution in [2.45, 2.75) is 33.2 Å². The van der Waals surface area contributed by atoms with E-state index in [1.807, 2.05) is 24.3 Å². The average Bonchev–Trinajstić information content (AvgIpc) is 2.86. The molecule has 0 unspecified atom stereocenters. The zero-order valence-corrected chi connectivity index (χ0v) is 21.0. The highest BCUT2D eigenvalue weighted by Gasteiger charge is 2.19. The fourth-order valence-electron chi connectivity index (χ4n) is 4.26. The van der Waals surface area contributed by atoms with Gasteiger partial charge in [-0.25, -0.2) is 9.36 Å². The number of aryl methyl sites for hydroxylation is 1. The minimum absolute atomic E-state index is 0.266. The molecule has 4 rings (SSSR count). The van der Waals surface area contributed by atoms with Crippen LogP contribution in [0.1, 0.15) is 30.9 Å². The Labute approximate surface area is 208 Å². The summed E-state index contributed by atoms with van der Waals surface area (Å²) in [4.78, 5) is 40.0. The maximum Gasteiger partial charge on any atom is 0.336 e. The highest BCUT2D eigenvalue weighted by atomic mass is 16.5. The van der Waals surface area contributed by atoms with Crippen LogP contribution in [0.2, 0.25) is 0 Å². The van der Waals surface area contributed by atoms with Crippen molar-refractivity contribution in [2.24, 2.45) is 0 Å². The summed E-state index contributed by atoms with van der Waals surface area (Å²) in [6, 6.07) is 17.6. The molecule has 0 aliphatic rings. The van der Waals surface area contributed by atoms with E-state index < -0.39 is 11.2 Å². The first kappa shape index (κ1) is 24.8. The number of hydrogen-bond acceptors (Lipinski definition) is 5. The molecule has 8 nitrogen and oxygen atoms in total. The summed E-state index contributed by atoms with van der Waals surface area (Å²) in [7, 11) is 3.01. The summed E-state index contributed by atoms with van der Waals surface area (Å²) in [6.07, 6.45) is 0. The number of para-hydroxylation sites is 1. The molecular weight excluding hydrogens is 458 g/mol. The molecule has 0 saturated carbocycles. The number of ether oxygens (including phenoxy) is 2. The molecule has 0 atom stereocenters. The molecular formula is C28H29N3O5. The lowest BCUT2D eigenvalue weighted by atomic mass is 10.0. The largest absolute Gasteiger partial charge is 0.493 e. The van der Waals surface area contributed by atoms with Crippen LogP contribution >= 0.6 is 0 Å². The Bertz CT molecular complexity index is 1550. The van der Waals surface area contributed by atoms with E-state index in [0.29, 0.717) is 45.3 Å². The first-order valence-electron chi connectivity index (χ1n) is 11.6. The molecule has 0 radical (unpaired) electrons. The van der Waals surface area contributed by atoms with Crippen molar-refractivity contribution in [2.75, 3.05) is 19.5 Å². The van der Waals surface area contributed by atoms with Gasteiger partial charge in [-0.15, -0.1) is 0 Å². The summed E-state index contributed by atoms with van der Waals surface area (Å²) in [5.41, 5.74) is 2.08. The Morgan fingerprint density at radius 3 is 2.31 bits per heavy atom. The molecule has 0 fully saturated rings. The minimum Gasteiger partial charge on any atom is -0.493 e. The molecule has 4 aromatic rings. The third-order valence-corrected chi connectivity index (χ3v) is 6.12. The number of carbonyl (C=O) groups excluding carboxylic acids is 1. The van der Waals surface area contributed by atoms with E-state index >= 15 is 0 Å². The van der Waals surface area contributed by atoms with Gasteiger partial charge in [0.1, 0.15) is 6.54 Å². The monoisotopic (exact) mass is 487 g/mol. The van der Waals surface area contributed by atoms with Crippen molar-refractivity contribution in [3.8, 4) is 17.2 Å². The van der Waals surface area contributed by atoms with E-state index in [-0.39, 0.29) is 12.5 Å². The molecule has 1 heterocycles. The number of fused-ring (bicyclic) bond motifs is 1. The Morgan fingerprint density at radius 1 is 0.972 bits per heavy atom. The van der Waals surface area contributed by atoms with Crippen LogP contribution in [0.25, 0.3) is 16.6 Å². The molecule has 1 aromatic heterocycles. The lowest BCUT2D eigenvalue weighted by Crippen LogP contribution is -2.40. The van der Waals surface area contributed by atoms with Gasteiger partial charge in [0.05, 0.1) is 30.8 Å². The summed E-state index contributed by atoms with van der Waals surface area (Å²) >= 11 is 0. The van der Waals surface area contributed by atoms with Crippen LogP contribution < -0.4 is 26.0 Å². The maximum atomic E-state index is 13.7. The molecule has 186 valence electrons. The van der Waals surface area contributed by atoms with Gasteiger partial charge in [0.2, 0.25) is 5.91 Å². The lowest BCUT2D eigenvalue weighted by molar-refractivity contribution is -0.116. The molecule has 0 bridgehead atoms. The summed E-state index contributed by atoms with van der Waals surface area (Å²) in [5.74, 6) is 0.897. The van der Waals surface area contributed by atoms with Crippen LogP contribution in [0.4, 0.5) is 5.69 Å². The molecule has 0 aliphatic carbocycles. The van der Waals surface area contributed by atoms with Gasteiger partial charge in [-0.1, -0.05) is 38.1 Å². The Balaban J connectivity index is 1.80. The molecule has 0 spiro atoms. The Hall–Kier alpha value is -4.33. The molecule has 0 saturated heterocycles. The first-order valence-corrected chi connectivity index (χ1v) is 11.6. The van der Waals surface area contributed by atoms with Crippen LogP contribution in [-0.2, 0) is 11.3 Å². The van der Waals surface area contributed by atoms with E-state index in [2.05, 4.69) is 19.2 Å². The van der Waals surface area contributed by atoms with Crippen molar-refractivity contribution < 1.29 is 14.3 Å². The average molecular weight is 488 g/mol. The van der Waals surface area contributed by atoms with Gasteiger partial charge in [0.25, 0.3) is 5.56 Å². The Kier molecular flexibility index (Phi) is 6.96. The van der Waals surface area contributed by atoms with Crippen LogP contribution in [0.5, 0.6) is 11.5 Å². The maximum absolute atomic E-state index is 13.7. The van der Waals surface area contributed by atoms with Gasteiger partial charge in [0, 0.05) is 11.8 Å². The minimum atomic E-state index is -0.629. The van der Waals surface area contributed by atoms with Gasteiger partial charge in [-0.2, -0.15) is 0 Å². The van der Waals surface area contributed by atoms with Gasteiger partial charge in [0.15, 0.2) is 11.5 Å². The van der Waals surface area contributed by atoms with E-state index in [9.17, 15) is 14.4 Å².